The summed E-state index contributed by atoms with van der Waals surface area (Å²) in [6.45, 7) is 4.75. The fraction of sp³-hybridized carbons (Fsp3) is 0.345. The van der Waals surface area contributed by atoms with Gasteiger partial charge in [-0.3, -0.25) is 14.0 Å². The zero-order valence-electron chi connectivity index (χ0n) is 22.8. The van der Waals surface area contributed by atoms with E-state index in [0.29, 0.717) is 44.2 Å². The zero-order valence-corrected chi connectivity index (χ0v) is 23.6. The smallest absolute Gasteiger partial charge is 0.264 e. The van der Waals surface area contributed by atoms with Crippen molar-refractivity contribution in [2.24, 2.45) is 0 Å². The van der Waals surface area contributed by atoms with Crippen LogP contribution in [0, 0.1) is 6.92 Å². The molecule has 2 aliphatic rings. The molecule has 212 valence electrons. The number of aryl methyl sites for hydroxylation is 1. The Bertz CT molecular complexity index is 1470. The van der Waals surface area contributed by atoms with Crippen molar-refractivity contribution in [2.75, 3.05) is 58.0 Å². The van der Waals surface area contributed by atoms with E-state index in [1.807, 2.05) is 25.1 Å². The molecule has 2 aliphatic heterocycles. The van der Waals surface area contributed by atoms with Gasteiger partial charge in [0.2, 0.25) is 12.7 Å². The van der Waals surface area contributed by atoms with Crippen molar-refractivity contribution in [1.82, 2.24) is 9.80 Å². The lowest BCUT2D eigenvalue weighted by atomic mass is 10.1. The molecule has 0 radical (unpaired) electrons. The van der Waals surface area contributed by atoms with Crippen LogP contribution in [0.2, 0.25) is 0 Å². The average molecular weight is 568 g/mol. The zero-order chi connectivity index (χ0) is 28.3. The molecule has 0 bridgehead atoms. The number of piperazine rings is 1. The molecule has 0 aromatic heterocycles. The highest BCUT2D eigenvalue weighted by molar-refractivity contribution is 7.92. The Balaban J connectivity index is 1.33. The molecule has 0 saturated carbocycles. The van der Waals surface area contributed by atoms with Crippen LogP contribution >= 0.6 is 0 Å². The Hall–Kier alpha value is -3.96. The summed E-state index contributed by atoms with van der Waals surface area (Å²) in [5.74, 6) is 1.97. The minimum Gasteiger partial charge on any atom is -0.497 e. The Morgan fingerprint density at radius 1 is 0.900 bits per heavy atom. The molecule has 3 aromatic carbocycles. The maximum absolute atomic E-state index is 13.9. The molecule has 0 spiro atoms. The third-order valence-corrected chi connectivity index (χ3v) is 8.88. The van der Waals surface area contributed by atoms with Crippen molar-refractivity contribution in [3.05, 3.63) is 71.8 Å². The molecule has 0 unspecified atom stereocenters. The van der Waals surface area contributed by atoms with Crippen LogP contribution in [-0.2, 0) is 21.4 Å². The first-order valence-corrected chi connectivity index (χ1v) is 14.4. The van der Waals surface area contributed by atoms with Crippen LogP contribution in [0.25, 0.3) is 0 Å². The first-order valence-electron chi connectivity index (χ1n) is 13.0. The van der Waals surface area contributed by atoms with Crippen LogP contribution in [-0.4, -0.2) is 77.9 Å². The number of benzene rings is 3. The Morgan fingerprint density at radius 2 is 1.62 bits per heavy atom. The molecule has 0 N–H and O–H groups in total. The molecule has 11 heteroatoms. The number of fused-ring (bicyclic) bond motifs is 1. The number of carbonyl (C=O) groups is 1. The lowest BCUT2D eigenvalue weighted by Gasteiger charge is -2.36. The number of rotatable bonds is 9. The summed E-state index contributed by atoms with van der Waals surface area (Å²) in [5.41, 5.74) is 2.26. The van der Waals surface area contributed by atoms with Crippen molar-refractivity contribution < 1.29 is 32.2 Å². The van der Waals surface area contributed by atoms with Crippen molar-refractivity contribution in [2.45, 2.75) is 18.4 Å². The van der Waals surface area contributed by atoms with Crippen LogP contribution in [0.15, 0.2) is 65.6 Å². The highest BCUT2D eigenvalue weighted by Crippen LogP contribution is 2.36. The Kier molecular flexibility index (Phi) is 8.04. The van der Waals surface area contributed by atoms with Crippen molar-refractivity contribution in [3.63, 3.8) is 0 Å². The Morgan fingerprint density at radius 3 is 2.33 bits per heavy atom. The molecule has 0 atom stereocenters. The molecule has 2 heterocycles. The quantitative estimate of drug-likeness (QED) is 0.389. The molecule has 5 rings (SSSR count). The second-order valence-electron chi connectivity index (χ2n) is 9.71. The van der Waals surface area contributed by atoms with Gasteiger partial charge in [0.15, 0.2) is 11.5 Å². The minimum atomic E-state index is -4.10. The third kappa shape index (κ3) is 5.80. The normalized spacial score (nSPS) is 15.1. The minimum absolute atomic E-state index is 0.0873. The number of carbonyl (C=O) groups excluding carboxylic acids is 1. The van der Waals surface area contributed by atoms with Gasteiger partial charge in [-0.25, -0.2) is 8.42 Å². The molecular formula is C29H33N3O7S. The average Bonchev–Trinajstić information content (AvgIpc) is 3.44. The summed E-state index contributed by atoms with van der Waals surface area (Å²) in [5, 5.41) is 0. The topological polar surface area (TPSA) is 97.8 Å². The first-order chi connectivity index (χ1) is 19.3. The van der Waals surface area contributed by atoms with Crippen LogP contribution in [0.4, 0.5) is 5.69 Å². The number of methoxy groups -OCH3 is 2. The summed E-state index contributed by atoms with van der Waals surface area (Å²) in [4.78, 5) is 17.6. The van der Waals surface area contributed by atoms with Gasteiger partial charge in [0.25, 0.3) is 10.0 Å². The van der Waals surface area contributed by atoms with E-state index in [-0.39, 0.29) is 29.8 Å². The van der Waals surface area contributed by atoms with Gasteiger partial charge in [-0.1, -0.05) is 23.8 Å². The van der Waals surface area contributed by atoms with Gasteiger partial charge in [0.1, 0.15) is 18.0 Å². The number of sulfonamides is 1. The third-order valence-electron chi connectivity index (χ3n) is 7.11. The highest BCUT2D eigenvalue weighted by atomic mass is 32.2. The van der Waals surface area contributed by atoms with Gasteiger partial charge in [0, 0.05) is 38.8 Å². The lowest BCUT2D eigenvalue weighted by molar-refractivity contribution is -0.131. The summed E-state index contributed by atoms with van der Waals surface area (Å²) in [6, 6.07) is 17.3. The predicted octanol–water partition coefficient (Wildman–Crippen LogP) is 3.28. The molecule has 3 aromatic rings. The molecule has 1 fully saturated rings. The maximum Gasteiger partial charge on any atom is 0.264 e. The van der Waals surface area contributed by atoms with Crippen LogP contribution < -0.4 is 23.3 Å². The number of anilines is 1. The van der Waals surface area contributed by atoms with Crippen LogP contribution in [0.5, 0.6) is 23.0 Å². The van der Waals surface area contributed by atoms with Crippen molar-refractivity contribution >= 4 is 21.6 Å². The van der Waals surface area contributed by atoms with E-state index < -0.39 is 10.0 Å². The van der Waals surface area contributed by atoms with E-state index in [1.54, 1.807) is 47.4 Å². The number of ether oxygens (including phenoxy) is 4. The monoisotopic (exact) mass is 567 g/mol. The van der Waals surface area contributed by atoms with Gasteiger partial charge in [-0.15, -0.1) is 0 Å². The summed E-state index contributed by atoms with van der Waals surface area (Å²) < 4.78 is 50.6. The number of amides is 1. The van der Waals surface area contributed by atoms with Gasteiger partial charge in [-0.05, 0) is 48.9 Å². The second-order valence-corrected chi connectivity index (χ2v) is 11.6. The van der Waals surface area contributed by atoms with E-state index in [0.717, 1.165) is 26.9 Å². The molecular weight excluding hydrogens is 534 g/mol. The standard InChI is InChI=1S/C29H33N3O7S/c1-21-4-8-24(9-5-21)40(34,35)32(25-17-23(36-2)7-11-26(25)37-3)19-29(33)31-14-12-30(13-15-31)18-22-6-10-27-28(16-22)39-20-38-27/h4-11,16-17H,12-15,18-20H2,1-3H3. The second kappa shape index (κ2) is 11.6. The van der Waals surface area contributed by atoms with Gasteiger partial charge >= 0.3 is 0 Å². The Labute approximate surface area is 234 Å². The molecule has 1 saturated heterocycles. The highest BCUT2D eigenvalue weighted by Gasteiger charge is 2.32. The van der Waals surface area contributed by atoms with E-state index >= 15 is 0 Å². The van der Waals surface area contributed by atoms with Gasteiger partial charge in [-0.2, -0.15) is 0 Å². The van der Waals surface area contributed by atoms with Crippen molar-refractivity contribution in [1.29, 1.82) is 0 Å². The summed E-state index contributed by atoms with van der Waals surface area (Å²) in [7, 11) is -1.14. The summed E-state index contributed by atoms with van der Waals surface area (Å²) >= 11 is 0. The number of hydrogen-bond donors (Lipinski definition) is 0. The molecule has 40 heavy (non-hydrogen) atoms. The molecule has 0 aliphatic carbocycles. The SMILES string of the molecule is COc1ccc(OC)c(N(CC(=O)N2CCN(Cc3ccc4c(c3)OCO4)CC2)S(=O)(=O)c2ccc(C)cc2)c1. The van der Waals surface area contributed by atoms with Crippen LogP contribution in [0.1, 0.15) is 11.1 Å². The van der Waals surface area contributed by atoms with E-state index in [9.17, 15) is 13.2 Å². The first kappa shape index (κ1) is 27.6. The largest absolute Gasteiger partial charge is 0.497 e. The molecule has 1 amide bonds. The van der Waals surface area contributed by atoms with Gasteiger partial charge < -0.3 is 23.8 Å². The van der Waals surface area contributed by atoms with E-state index in [2.05, 4.69) is 4.90 Å². The van der Waals surface area contributed by atoms with Gasteiger partial charge in [0.05, 0.1) is 24.8 Å². The summed E-state index contributed by atoms with van der Waals surface area (Å²) in [6.07, 6.45) is 0. The van der Waals surface area contributed by atoms with Crippen LogP contribution in [0.3, 0.4) is 0 Å². The number of nitrogens with zero attached hydrogens (tertiary/aromatic N) is 3. The fourth-order valence-corrected chi connectivity index (χ4v) is 6.22. The lowest BCUT2D eigenvalue weighted by Crippen LogP contribution is -2.51. The maximum atomic E-state index is 13.9. The van der Waals surface area contributed by atoms with Crippen molar-refractivity contribution in [3.8, 4) is 23.0 Å². The van der Waals surface area contributed by atoms with E-state index in [4.69, 9.17) is 18.9 Å². The number of hydrogen-bond acceptors (Lipinski definition) is 8. The predicted molar refractivity (Wildman–Crippen MR) is 150 cm³/mol. The fourth-order valence-electron chi connectivity index (χ4n) is 4.80. The molecule has 10 nitrogen and oxygen atoms in total. The van der Waals surface area contributed by atoms with E-state index in [1.165, 1.54) is 14.2 Å².